The van der Waals surface area contributed by atoms with Crippen LogP contribution < -0.4 is 4.90 Å². The molecule has 6 rings (SSSR count). The number of nitrogens with zero attached hydrogens (tertiary/aromatic N) is 3. The molecule has 1 unspecified atom stereocenters. The van der Waals surface area contributed by atoms with Crippen molar-refractivity contribution in [3.63, 3.8) is 0 Å². The van der Waals surface area contributed by atoms with Crippen LogP contribution in [0.15, 0.2) is 78.9 Å². The molecule has 208 valence electrons. The van der Waals surface area contributed by atoms with Crippen LogP contribution in [-0.4, -0.2) is 76.1 Å². The average molecular weight is 562 g/mol. The van der Waals surface area contributed by atoms with Gasteiger partial charge in [0.2, 0.25) is 11.8 Å². The van der Waals surface area contributed by atoms with E-state index in [1.54, 1.807) is 34.1 Å². The highest BCUT2D eigenvalue weighted by molar-refractivity contribution is 6.30. The van der Waals surface area contributed by atoms with E-state index in [4.69, 9.17) is 16.3 Å². The van der Waals surface area contributed by atoms with Crippen molar-refractivity contribution in [2.75, 3.05) is 31.1 Å². The maximum atomic E-state index is 14.4. The summed E-state index contributed by atoms with van der Waals surface area (Å²) in [4.78, 5) is 47.7. The van der Waals surface area contributed by atoms with Crippen LogP contribution in [0.1, 0.15) is 18.9 Å². The smallest absolute Gasteiger partial charge is 0.253 e. The van der Waals surface area contributed by atoms with E-state index in [-0.39, 0.29) is 37.4 Å². The number of aliphatic hydroxyl groups excluding tert-OH is 1. The topological polar surface area (TPSA) is 90.4 Å². The number of carbonyl (C=O) groups excluding carboxylic acids is 3. The van der Waals surface area contributed by atoms with Gasteiger partial charge in [-0.2, -0.15) is 0 Å². The molecular formula is C31H32ClN3O5. The number of benzene rings is 2. The average Bonchev–Trinajstić information content (AvgIpc) is 3.24. The quantitative estimate of drug-likeness (QED) is 0.547. The van der Waals surface area contributed by atoms with E-state index in [9.17, 15) is 19.5 Å². The third kappa shape index (κ3) is 4.00. The van der Waals surface area contributed by atoms with Crippen molar-refractivity contribution in [1.82, 2.24) is 9.80 Å². The van der Waals surface area contributed by atoms with E-state index in [1.165, 1.54) is 4.90 Å². The fourth-order valence-electron chi connectivity index (χ4n) is 6.96. The number of aliphatic hydroxyl groups is 1. The van der Waals surface area contributed by atoms with Gasteiger partial charge in [0.15, 0.2) is 0 Å². The molecule has 2 saturated heterocycles. The predicted molar refractivity (Wildman–Crippen MR) is 150 cm³/mol. The molecule has 4 aliphatic heterocycles. The van der Waals surface area contributed by atoms with Crippen molar-refractivity contribution in [2.45, 2.75) is 37.1 Å². The number of ether oxygens (including phenoxy) is 1. The summed E-state index contributed by atoms with van der Waals surface area (Å²) in [5, 5.41) is 10.5. The van der Waals surface area contributed by atoms with Crippen LogP contribution in [0.4, 0.5) is 5.69 Å². The molecule has 2 aromatic rings. The summed E-state index contributed by atoms with van der Waals surface area (Å²) in [6, 6.07) is 15.7. The highest BCUT2D eigenvalue weighted by atomic mass is 35.5. The second-order valence-corrected chi connectivity index (χ2v) is 11.2. The Morgan fingerprint density at radius 1 is 0.925 bits per heavy atom. The van der Waals surface area contributed by atoms with Crippen molar-refractivity contribution >= 4 is 35.0 Å². The molecular weight excluding hydrogens is 530 g/mol. The Morgan fingerprint density at radius 2 is 1.65 bits per heavy atom. The first-order chi connectivity index (χ1) is 19.3. The van der Waals surface area contributed by atoms with Gasteiger partial charge < -0.3 is 24.5 Å². The van der Waals surface area contributed by atoms with Crippen LogP contribution in [0.25, 0.3) is 0 Å². The number of fused-ring (bicyclic) bond motifs is 2. The van der Waals surface area contributed by atoms with E-state index in [0.29, 0.717) is 30.2 Å². The fraction of sp³-hybridized carbons (Fsp3) is 0.387. The normalized spacial score (nSPS) is 31.2. The Kier molecular flexibility index (Phi) is 6.81. The third-order valence-electron chi connectivity index (χ3n) is 8.72. The first-order valence-corrected chi connectivity index (χ1v) is 14.1. The zero-order valence-electron chi connectivity index (χ0n) is 22.3. The number of β-amino-alcohol motifs (C(OH)–C–C–N with tert-alkyl or cyclic N) is 1. The van der Waals surface area contributed by atoms with Crippen LogP contribution in [0.5, 0.6) is 0 Å². The first-order valence-electron chi connectivity index (χ1n) is 13.7. The molecule has 3 amide bonds. The molecule has 4 heterocycles. The summed E-state index contributed by atoms with van der Waals surface area (Å²) < 4.78 is 6.93. The molecule has 40 heavy (non-hydrogen) atoms. The number of rotatable bonds is 6. The number of hydrogen-bond donors (Lipinski definition) is 1. The van der Waals surface area contributed by atoms with E-state index in [0.717, 1.165) is 5.56 Å². The minimum atomic E-state index is -1.36. The summed E-state index contributed by atoms with van der Waals surface area (Å²) in [5.74, 6) is -2.58. The van der Waals surface area contributed by atoms with Gasteiger partial charge in [0.25, 0.3) is 5.91 Å². The molecule has 2 fully saturated rings. The van der Waals surface area contributed by atoms with Gasteiger partial charge in [-0.3, -0.25) is 14.4 Å². The summed E-state index contributed by atoms with van der Waals surface area (Å²) in [5.41, 5.74) is -0.783. The van der Waals surface area contributed by atoms with Gasteiger partial charge in [-0.25, -0.2) is 0 Å². The van der Waals surface area contributed by atoms with Gasteiger partial charge in [-0.1, -0.05) is 73.2 Å². The van der Waals surface area contributed by atoms with Gasteiger partial charge in [-0.05, 0) is 36.2 Å². The molecule has 4 aliphatic rings. The lowest BCUT2D eigenvalue weighted by atomic mass is 9.73. The zero-order chi connectivity index (χ0) is 28.1. The van der Waals surface area contributed by atoms with Gasteiger partial charge in [0.1, 0.15) is 11.6 Å². The van der Waals surface area contributed by atoms with Crippen molar-refractivity contribution in [2.24, 2.45) is 11.8 Å². The Labute approximate surface area is 238 Å². The first kappa shape index (κ1) is 26.7. The second kappa shape index (κ2) is 10.2. The van der Waals surface area contributed by atoms with Crippen molar-refractivity contribution in [3.8, 4) is 0 Å². The molecule has 9 heteroatoms. The van der Waals surface area contributed by atoms with E-state index < -0.39 is 29.1 Å². The zero-order valence-corrected chi connectivity index (χ0v) is 23.0. The fourth-order valence-corrected chi connectivity index (χ4v) is 7.08. The van der Waals surface area contributed by atoms with Crippen molar-refractivity contribution in [1.29, 1.82) is 0 Å². The SMILES string of the molecule is CC[C@@]12C=CCN(Cc3ccccc3)C(=O)[C@@H]1[C@H]1C(=O)N(CCO)C3C(=O)N(c4ccc(Cl)cc4)CC=C[C@@]31O2. The van der Waals surface area contributed by atoms with Crippen LogP contribution in [-0.2, 0) is 25.7 Å². The standard InChI is InChI=1S/C31H32ClN3O5/c1-2-30-14-6-16-33(20-21-8-4-3-5-9-21)27(37)24(30)25-28(38)35(18-19-36)26-29(39)34(17-7-15-31(25,26)40-30)23-12-10-22(32)11-13-23/h3-15,24-26,36H,2,16-20H2,1H3/t24-,25-,26?,30+,31-/m0/s1. The molecule has 1 spiro atoms. The van der Waals surface area contributed by atoms with Crippen molar-refractivity contribution < 1.29 is 24.2 Å². The highest BCUT2D eigenvalue weighted by Crippen LogP contribution is 2.58. The molecule has 0 aliphatic carbocycles. The maximum absolute atomic E-state index is 14.4. The van der Waals surface area contributed by atoms with Crippen molar-refractivity contribution in [3.05, 3.63) is 89.5 Å². The molecule has 5 atom stereocenters. The lowest BCUT2D eigenvalue weighted by Gasteiger charge is -2.38. The summed E-state index contributed by atoms with van der Waals surface area (Å²) >= 11 is 6.09. The molecule has 0 bridgehead atoms. The lowest BCUT2D eigenvalue weighted by molar-refractivity contribution is -0.150. The summed E-state index contributed by atoms with van der Waals surface area (Å²) in [6.45, 7) is 2.65. The number of hydrogen-bond acceptors (Lipinski definition) is 5. The maximum Gasteiger partial charge on any atom is 0.253 e. The Hall–Kier alpha value is -3.46. The number of amides is 3. The monoisotopic (exact) mass is 561 g/mol. The molecule has 0 aromatic heterocycles. The van der Waals surface area contributed by atoms with E-state index in [1.807, 2.05) is 61.6 Å². The molecule has 8 nitrogen and oxygen atoms in total. The number of likely N-dealkylation sites (tertiary alicyclic amines) is 1. The lowest BCUT2D eigenvalue weighted by Crippen LogP contribution is -2.56. The Morgan fingerprint density at radius 3 is 2.35 bits per heavy atom. The highest BCUT2D eigenvalue weighted by Gasteiger charge is 2.75. The van der Waals surface area contributed by atoms with E-state index >= 15 is 0 Å². The van der Waals surface area contributed by atoms with Crippen LogP contribution in [0, 0.1) is 11.8 Å². The molecule has 0 radical (unpaired) electrons. The van der Waals surface area contributed by atoms with Gasteiger partial charge in [0.05, 0.1) is 24.0 Å². The van der Waals surface area contributed by atoms with Crippen LogP contribution >= 0.6 is 11.6 Å². The summed E-state index contributed by atoms with van der Waals surface area (Å²) in [6.07, 6.45) is 7.99. The van der Waals surface area contributed by atoms with Gasteiger partial charge in [0, 0.05) is 36.9 Å². The summed E-state index contributed by atoms with van der Waals surface area (Å²) in [7, 11) is 0. The largest absolute Gasteiger partial charge is 0.395 e. The van der Waals surface area contributed by atoms with Gasteiger partial charge in [-0.15, -0.1) is 0 Å². The van der Waals surface area contributed by atoms with Crippen LogP contribution in [0.2, 0.25) is 5.02 Å². The Bertz CT molecular complexity index is 1380. The predicted octanol–water partition coefficient (Wildman–Crippen LogP) is 3.19. The molecule has 2 aromatic carbocycles. The number of carbonyl (C=O) groups is 3. The third-order valence-corrected chi connectivity index (χ3v) is 8.97. The number of anilines is 1. The Balaban J connectivity index is 1.44. The molecule has 0 saturated carbocycles. The van der Waals surface area contributed by atoms with Gasteiger partial charge >= 0.3 is 0 Å². The minimum Gasteiger partial charge on any atom is -0.395 e. The second-order valence-electron chi connectivity index (χ2n) is 10.8. The van der Waals surface area contributed by atoms with E-state index in [2.05, 4.69) is 0 Å². The minimum absolute atomic E-state index is 0.0389. The number of halogens is 1. The van der Waals surface area contributed by atoms with Crippen LogP contribution in [0.3, 0.4) is 0 Å². The molecule has 1 N–H and O–H groups in total.